The Labute approximate surface area is 109 Å². The molecule has 2 heterocycles. The van der Waals surface area contributed by atoms with Crippen LogP contribution >= 0.6 is 0 Å². The number of nitrogens with zero attached hydrogens (tertiary/aromatic N) is 2. The molecule has 0 saturated heterocycles. The molecule has 94 valence electrons. The van der Waals surface area contributed by atoms with Gasteiger partial charge in [-0.2, -0.15) is 0 Å². The van der Waals surface area contributed by atoms with Crippen LogP contribution in [0.3, 0.4) is 0 Å². The lowest BCUT2D eigenvalue weighted by Crippen LogP contribution is -1.95. The van der Waals surface area contributed by atoms with Gasteiger partial charge in [-0.3, -0.25) is 9.20 Å². The zero-order valence-electron chi connectivity index (χ0n) is 10.3. The number of hydrogen-bond acceptors (Lipinski definition) is 2. The predicted octanol–water partition coefficient (Wildman–Crippen LogP) is 3.26. The number of imidazole rings is 1. The van der Waals surface area contributed by atoms with Crippen molar-refractivity contribution in [2.24, 2.45) is 0 Å². The highest BCUT2D eigenvalue weighted by atomic mass is 19.1. The van der Waals surface area contributed by atoms with E-state index in [1.165, 1.54) is 6.07 Å². The maximum absolute atomic E-state index is 13.9. The highest BCUT2D eigenvalue weighted by Crippen LogP contribution is 2.25. The second kappa shape index (κ2) is 4.31. The Kier molecular flexibility index (Phi) is 2.63. The quantitative estimate of drug-likeness (QED) is 0.658. The monoisotopic (exact) mass is 254 g/mol. The van der Waals surface area contributed by atoms with Crippen molar-refractivity contribution < 1.29 is 9.18 Å². The highest BCUT2D eigenvalue weighted by Gasteiger charge is 2.15. The number of aryl methyl sites for hydroxylation is 1. The molecular formula is C15H11FN2O. The van der Waals surface area contributed by atoms with E-state index in [2.05, 4.69) is 4.98 Å². The molecule has 0 atom stereocenters. The van der Waals surface area contributed by atoms with Gasteiger partial charge in [0, 0.05) is 5.69 Å². The number of halogens is 1. The van der Waals surface area contributed by atoms with Crippen molar-refractivity contribution in [2.75, 3.05) is 0 Å². The van der Waals surface area contributed by atoms with E-state index >= 15 is 0 Å². The topological polar surface area (TPSA) is 34.4 Å². The Morgan fingerprint density at radius 2 is 1.95 bits per heavy atom. The number of carbonyl (C=O) groups is 1. The third kappa shape index (κ3) is 1.73. The molecule has 0 unspecified atom stereocenters. The Bertz CT molecular complexity index is 777. The van der Waals surface area contributed by atoms with E-state index in [0.29, 0.717) is 28.9 Å². The first kappa shape index (κ1) is 11.6. The summed E-state index contributed by atoms with van der Waals surface area (Å²) in [5.74, 6) is 0.100. The third-order valence-corrected chi connectivity index (χ3v) is 3.11. The number of aldehydes is 1. The fourth-order valence-corrected chi connectivity index (χ4v) is 2.23. The van der Waals surface area contributed by atoms with E-state index in [9.17, 15) is 9.18 Å². The Hall–Kier alpha value is -2.49. The van der Waals surface area contributed by atoms with Gasteiger partial charge < -0.3 is 0 Å². The average Bonchev–Trinajstić information content (AvgIpc) is 2.79. The van der Waals surface area contributed by atoms with E-state index in [1.807, 2.05) is 19.1 Å². The van der Waals surface area contributed by atoms with Crippen LogP contribution in [0.2, 0.25) is 0 Å². The van der Waals surface area contributed by atoms with Gasteiger partial charge in [0.15, 0.2) is 6.29 Å². The van der Waals surface area contributed by atoms with Crippen LogP contribution in [0.4, 0.5) is 4.39 Å². The lowest BCUT2D eigenvalue weighted by Gasteiger charge is -2.05. The molecule has 0 amide bonds. The van der Waals surface area contributed by atoms with Gasteiger partial charge in [0.1, 0.15) is 17.3 Å². The summed E-state index contributed by atoms with van der Waals surface area (Å²) in [6.45, 7) is 1.90. The number of rotatable bonds is 2. The fourth-order valence-electron chi connectivity index (χ4n) is 2.23. The summed E-state index contributed by atoms with van der Waals surface area (Å²) in [4.78, 5) is 15.3. The number of benzene rings is 1. The van der Waals surface area contributed by atoms with Gasteiger partial charge in [-0.05, 0) is 31.2 Å². The average molecular weight is 254 g/mol. The zero-order valence-corrected chi connectivity index (χ0v) is 10.3. The van der Waals surface area contributed by atoms with Gasteiger partial charge in [-0.15, -0.1) is 0 Å². The van der Waals surface area contributed by atoms with Gasteiger partial charge in [-0.1, -0.05) is 18.2 Å². The maximum Gasteiger partial charge on any atom is 0.170 e. The molecule has 1 aromatic carbocycles. The van der Waals surface area contributed by atoms with Crippen molar-refractivity contribution in [3.8, 4) is 11.4 Å². The maximum atomic E-state index is 13.9. The lowest BCUT2D eigenvalue weighted by molar-refractivity contribution is 0.112. The molecule has 0 N–H and O–H groups in total. The van der Waals surface area contributed by atoms with E-state index in [-0.39, 0.29) is 5.82 Å². The van der Waals surface area contributed by atoms with Gasteiger partial charge in [0.05, 0.1) is 11.1 Å². The summed E-state index contributed by atoms with van der Waals surface area (Å²) in [6.07, 6.45) is 0.694. The Morgan fingerprint density at radius 1 is 1.16 bits per heavy atom. The Balaban J connectivity index is 2.42. The van der Waals surface area contributed by atoms with Crippen LogP contribution in [0.25, 0.3) is 16.9 Å². The van der Waals surface area contributed by atoms with E-state index in [1.54, 1.807) is 28.7 Å². The molecule has 0 bridgehead atoms. The summed E-state index contributed by atoms with van der Waals surface area (Å²) in [5.41, 5.74) is 2.30. The minimum atomic E-state index is -0.352. The molecule has 0 spiro atoms. The van der Waals surface area contributed by atoms with Crippen LogP contribution in [-0.4, -0.2) is 15.7 Å². The molecule has 3 nitrogen and oxygen atoms in total. The van der Waals surface area contributed by atoms with Gasteiger partial charge in [0.25, 0.3) is 0 Å². The molecule has 0 fully saturated rings. The predicted molar refractivity (Wildman–Crippen MR) is 70.7 cm³/mol. The fraction of sp³-hybridized carbons (Fsp3) is 0.0667. The molecular weight excluding hydrogens is 243 g/mol. The normalized spacial score (nSPS) is 10.8. The SMILES string of the molecule is Cc1cccc2c(C=O)nc(-c3ccccc3F)n12. The minimum Gasteiger partial charge on any atom is -0.296 e. The number of aromatic nitrogens is 2. The Morgan fingerprint density at radius 3 is 2.68 bits per heavy atom. The van der Waals surface area contributed by atoms with Crippen molar-refractivity contribution in [3.63, 3.8) is 0 Å². The zero-order chi connectivity index (χ0) is 13.4. The molecule has 3 aromatic rings. The summed E-state index contributed by atoms with van der Waals surface area (Å²) in [5, 5.41) is 0. The first-order chi connectivity index (χ1) is 9.22. The second-order valence-corrected chi connectivity index (χ2v) is 4.31. The molecule has 3 rings (SSSR count). The number of fused-ring (bicyclic) bond motifs is 1. The number of hydrogen-bond donors (Lipinski definition) is 0. The lowest BCUT2D eigenvalue weighted by atomic mass is 10.2. The van der Waals surface area contributed by atoms with Crippen LogP contribution in [0.5, 0.6) is 0 Å². The van der Waals surface area contributed by atoms with Crippen LogP contribution in [0.1, 0.15) is 16.2 Å². The first-order valence-corrected chi connectivity index (χ1v) is 5.90. The molecule has 0 aliphatic carbocycles. The third-order valence-electron chi connectivity index (χ3n) is 3.11. The molecule has 0 radical (unpaired) electrons. The highest BCUT2D eigenvalue weighted by molar-refractivity contribution is 5.86. The van der Waals surface area contributed by atoms with Crippen molar-refractivity contribution in [2.45, 2.75) is 6.92 Å². The summed E-state index contributed by atoms with van der Waals surface area (Å²) < 4.78 is 15.7. The van der Waals surface area contributed by atoms with E-state index in [0.717, 1.165) is 5.69 Å². The standard InChI is InChI=1S/C15H11FN2O/c1-10-5-4-8-14-13(9-19)17-15(18(10)14)11-6-2-3-7-12(11)16/h2-9H,1H3. The summed E-state index contributed by atoms with van der Waals surface area (Å²) in [6, 6.07) is 12.0. The van der Waals surface area contributed by atoms with Gasteiger partial charge in [0.2, 0.25) is 0 Å². The number of carbonyl (C=O) groups excluding carboxylic acids is 1. The van der Waals surface area contributed by atoms with Gasteiger partial charge >= 0.3 is 0 Å². The van der Waals surface area contributed by atoms with Gasteiger partial charge in [-0.25, -0.2) is 9.37 Å². The molecule has 0 aliphatic rings. The van der Waals surface area contributed by atoms with E-state index < -0.39 is 0 Å². The molecule has 4 heteroatoms. The summed E-state index contributed by atoms with van der Waals surface area (Å²) in [7, 11) is 0. The largest absolute Gasteiger partial charge is 0.296 e. The minimum absolute atomic E-state index is 0.321. The van der Waals surface area contributed by atoms with Crippen molar-refractivity contribution in [1.82, 2.24) is 9.38 Å². The van der Waals surface area contributed by atoms with Crippen LogP contribution in [-0.2, 0) is 0 Å². The van der Waals surface area contributed by atoms with Crippen molar-refractivity contribution >= 4 is 11.8 Å². The molecule has 0 saturated carbocycles. The summed E-state index contributed by atoms with van der Waals surface area (Å²) >= 11 is 0. The number of pyridine rings is 1. The van der Waals surface area contributed by atoms with Crippen LogP contribution in [0, 0.1) is 12.7 Å². The molecule has 19 heavy (non-hydrogen) atoms. The smallest absolute Gasteiger partial charge is 0.170 e. The van der Waals surface area contributed by atoms with Crippen molar-refractivity contribution in [3.05, 3.63) is 59.7 Å². The molecule has 0 aliphatic heterocycles. The van der Waals surface area contributed by atoms with E-state index in [4.69, 9.17) is 0 Å². The van der Waals surface area contributed by atoms with Crippen molar-refractivity contribution in [1.29, 1.82) is 0 Å². The second-order valence-electron chi connectivity index (χ2n) is 4.31. The molecule has 2 aromatic heterocycles. The van der Waals surface area contributed by atoms with Crippen LogP contribution < -0.4 is 0 Å². The first-order valence-electron chi connectivity index (χ1n) is 5.90. The van der Waals surface area contributed by atoms with Crippen LogP contribution in [0.15, 0.2) is 42.5 Å².